The Morgan fingerprint density at radius 1 is 0.926 bits per heavy atom. The van der Waals surface area contributed by atoms with Gasteiger partial charge < -0.3 is 0 Å². The summed E-state index contributed by atoms with van der Waals surface area (Å²) in [6, 6.07) is 8.25. The van der Waals surface area contributed by atoms with Crippen LogP contribution in [-0.4, -0.2) is 50.9 Å². The lowest BCUT2D eigenvalue weighted by molar-refractivity contribution is 0.121. The number of nitrogens with zero attached hydrogens (tertiary/aromatic N) is 5. The monoisotopic (exact) mass is 379 g/mol. The van der Waals surface area contributed by atoms with E-state index >= 15 is 0 Å². The van der Waals surface area contributed by atoms with Gasteiger partial charge >= 0.3 is 0 Å². The molecule has 0 aliphatic carbocycles. The second kappa shape index (κ2) is 8.25. The Morgan fingerprint density at radius 2 is 1.59 bits per heavy atom. The Hall–Kier alpha value is -2.15. The molecule has 5 nitrogen and oxygen atoms in total. The van der Waals surface area contributed by atoms with Crippen LogP contribution in [0.5, 0.6) is 0 Å². The van der Waals surface area contributed by atoms with Crippen molar-refractivity contribution in [2.45, 2.75) is 26.9 Å². The number of benzene rings is 1. The van der Waals surface area contributed by atoms with Crippen molar-refractivity contribution in [2.75, 3.05) is 26.2 Å². The largest absolute Gasteiger partial charge is 0.296 e. The molecule has 0 saturated carbocycles. The Labute approximate surface area is 164 Å². The van der Waals surface area contributed by atoms with Crippen LogP contribution >= 0.6 is 11.3 Å². The van der Waals surface area contributed by atoms with E-state index in [1.165, 1.54) is 16.8 Å². The van der Waals surface area contributed by atoms with Gasteiger partial charge in [0, 0.05) is 68.2 Å². The van der Waals surface area contributed by atoms with Gasteiger partial charge in [-0.25, -0.2) is 15.0 Å². The molecule has 0 unspecified atom stereocenters. The van der Waals surface area contributed by atoms with Crippen LogP contribution in [-0.2, 0) is 13.1 Å². The first-order valence-corrected chi connectivity index (χ1v) is 10.3. The van der Waals surface area contributed by atoms with E-state index in [2.05, 4.69) is 56.1 Å². The van der Waals surface area contributed by atoms with Crippen molar-refractivity contribution in [1.29, 1.82) is 0 Å². The minimum Gasteiger partial charge on any atom is -0.296 e. The zero-order valence-corrected chi connectivity index (χ0v) is 16.7. The molecule has 27 heavy (non-hydrogen) atoms. The van der Waals surface area contributed by atoms with E-state index in [1.807, 2.05) is 24.5 Å². The molecule has 0 bridgehead atoms. The summed E-state index contributed by atoms with van der Waals surface area (Å²) in [4.78, 5) is 18.7. The van der Waals surface area contributed by atoms with Crippen LogP contribution in [0.25, 0.3) is 11.4 Å². The molecule has 6 heteroatoms. The molecule has 1 fully saturated rings. The predicted octanol–water partition coefficient (Wildman–Crippen LogP) is 3.53. The van der Waals surface area contributed by atoms with Crippen molar-refractivity contribution in [2.24, 2.45) is 0 Å². The van der Waals surface area contributed by atoms with Crippen LogP contribution < -0.4 is 0 Å². The minimum absolute atomic E-state index is 0.806. The molecule has 3 heterocycles. The molecule has 0 amide bonds. The van der Waals surface area contributed by atoms with Crippen molar-refractivity contribution < 1.29 is 0 Å². The molecule has 0 spiro atoms. The molecule has 0 N–H and O–H groups in total. The zero-order chi connectivity index (χ0) is 18.6. The Morgan fingerprint density at radius 3 is 2.22 bits per heavy atom. The number of rotatable bonds is 5. The first kappa shape index (κ1) is 18.2. The van der Waals surface area contributed by atoms with Crippen molar-refractivity contribution >= 4 is 11.3 Å². The molecule has 2 aromatic heterocycles. The number of thiazole rings is 1. The summed E-state index contributed by atoms with van der Waals surface area (Å²) in [5, 5.41) is 3.33. The lowest BCUT2D eigenvalue weighted by atomic mass is 10.1. The Balaban J connectivity index is 1.31. The van der Waals surface area contributed by atoms with E-state index in [0.717, 1.165) is 55.7 Å². The van der Waals surface area contributed by atoms with Gasteiger partial charge in [-0.3, -0.25) is 9.80 Å². The van der Waals surface area contributed by atoms with Gasteiger partial charge in [0.25, 0.3) is 0 Å². The zero-order valence-electron chi connectivity index (χ0n) is 15.9. The van der Waals surface area contributed by atoms with Gasteiger partial charge in [-0.2, -0.15) is 0 Å². The summed E-state index contributed by atoms with van der Waals surface area (Å²) >= 11 is 1.73. The van der Waals surface area contributed by atoms with Gasteiger partial charge in [0.2, 0.25) is 0 Å². The molecule has 1 saturated heterocycles. The second-order valence-corrected chi connectivity index (χ2v) is 8.20. The smallest absolute Gasteiger partial charge is 0.159 e. The molecule has 140 valence electrons. The summed E-state index contributed by atoms with van der Waals surface area (Å²) in [5.41, 5.74) is 4.69. The molecule has 1 aliphatic heterocycles. The second-order valence-electron chi connectivity index (χ2n) is 7.14. The maximum atomic E-state index is 4.59. The summed E-state index contributed by atoms with van der Waals surface area (Å²) < 4.78 is 0. The fourth-order valence-electron chi connectivity index (χ4n) is 3.47. The third-order valence-electron chi connectivity index (χ3n) is 5.01. The van der Waals surface area contributed by atoms with Crippen molar-refractivity contribution in [3.8, 4) is 11.4 Å². The minimum atomic E-state index is 0.806. The predicted molar refractivity (Wildman–Crippen MR) is 110 cm³/mol. The van der Waals surface area contributed by atoms with Gasteiger partial charge in [0.15, 0.2) is 5.82 Å². The first-order chi connectivity index (χ1) is 13.2. The summed E-state index contributed by atoms with van der Waals surface area (Å²) in [6.07, 6.45) is 3.94. The summed E-state index contributed by atoms with van der Waals surface area (Å²) in [5.74, 6) is 0.806. The fourth-order valence-corrected chi connectivity index (χ4v) is 4.08. The highest BCUT2D eigenvalue weighted by Gasteiger charge is 2.18. The number of hydrogen-bond acceptors (Lipinski definition) is 6. The molecule has 1 aliphatic rings. The third-order valence-corrected chi connectivity index (χ3v) is 5.84. The third kappa shape index (κ3) is 4.58. The van der Waals surface area contributed by atoms with Gasteiger partial charge in [0.05, 0.1) is 10.7 Å². The van der Waals surface area contributed by atoms with Crippen LogP contribution in [0.4, 0.5) is 0 Å². The summed E-state index contributed by atoms with van der Waals surface area (Å²) in [7, 11) is 0. The van der Waals surface area contributed by atoms with E-state index in [4.69, 9.17) is 0 Å². The van der Waals surface area contributed by atoms with Crippen molar-refractivity contribution in [3.05, 3.63) is 63.9 Å². The van der Waals surface area contributed by atoms with Gasteiger partial charge in [0.1, 0.15) is 0 Å². The fraction of sp³-hybridized carbons (Fsp3) is 0.381. The van der Waals surface area contributed by atoms with Crippen molar-refractivity contribution in [1.82, 2.24) is 24.8 Å². The van der Waals surface area contributed by atoms with Gasteiger partial charge in [-0.05, 0) is 19.4 Å². The van der Waals surface area contributed by atoms with Crippen LogP contribution in [0.15, 0.2) is 42.0 Å². The standard InChI is InChI=1S/C21H25N5S/c1-16-5-3-4-6-20(16)21-22-11-18(12-23-21)13-25-7-9-26(10-8-25)14-19-15-27-17(2)24-19/h3-6,11-12,15H,7-10,13-14H2,1-2H3. The molecular weight excluding hydrogens is 354 g/mol. The van der Waals surface area contributed by atoms with Crippen LogP contribution in [0.1, 0.15) is 21.8 Å². The van der Waals surface area contributed by atoms with Crippen LogP contribution in [0, 0.1) is 13.8 Å². The average molecular weight is 380 g/mol. The lowest BCUT2D eigenvalue weighted by Gasteiger charge is -2.34. The Kier molecular flexibility index (Phi) is 5.57. The van der Waals surface area contributed by atoms with Gasteiger partial charge in [-0.15, -0.1) is 11.3 Å². The maximum absolute atomic E-state index is 4.59. The first-order valence-electron chi connectivity index (χ1n) is 9.40. The molecule has 0 radical (unpaired) electrons. The van der Waals surface area contributed by atoms with E-state index in [-0.39, 0.29) is 0 Å². The van der Waals surface area contributed by atoms with E-state index in [1.54, 1.807) is 11.3 Å². The molecular formula is C21H25N5S. The van der Waals surface area contributed by atoms with Crippen LogP contribution in [0.2, 0.25) is 0 Å². The van der Waals surface area contributed by atoms with Crippen LogP contribution in [0.3, 0.4) is 0 Å². The highest BCUT2D eigenvalue weighted by Crippen LogP contribution is 2.19. The van der Waals surface area contributed by atoms with E-state index < -0.39 is 0 Å². The number of aromatic nitrogens is 3. The van der Waals surface area contributed by atoms with E-state index in [9.17, 15) is 0 Å². The normalized spacial score (nSPS) is 15.9. The quantitative estimate of drug-likeness (QED) is 0.679. The number of hydrogen-bond donors (Lipinski definition) is 0. The number of aryl methyl sites for hydroxylation is 2. The molecule has 4 rings (SSSR count). The highest BCUT2D eigenvalue weighted by atomic mass is 32.1. The molecule has 1 aromatic carbocycles. The highest BCUT2D eigenvalue weighted by molar-refractivity contribution is 7.09. The molecule has 3 aromatic rings. The maximum Gasteiger partial charge on any atom is 0.159 e. The summed E-state index contributed by atoms with van der Waals surface area (Å²) in [6.45, 7) is 10.4. The average Bonchev–Trinajstić information content (AvgIpc) is 3.09. The lowest BCUT2D eigenvalue weighted by Crippen LogP contribution is -2.45. The number of piperazine rings is 1. The molecule has 0 atom stereocenters. The van der Waals surface area contributed by atoms with Crippen molar-refractivity contribution in [3.63, 3.8) is 0 Å². The van der Waals surface area contributed by atoms with E-state index in [0.29, 0.717) is 0 Å². The van der Waals surface area contributed by atoms with Gasteiger partial charge in [-0.1, -0.05) is 24.3 Å². The SMILES string of the molecule is Cc1nc(CN2CCN(Cc3cnc(-c4ccccc4C)nc3)CC2)cs1. The topological polar surface area (TPSA) is 45.2 Å². The Bertz CT molecular complexity index is 882.